The Kier molecular flexibility index (Phi) is 4.45. The van der Waals surface area contributed by atoms with Gasteiger partial charge in [0.15, 0.2) is 0 Å². The highest BCUT2D eigenvalue weighted by molar-refractivity contribution is 5.40. The van der Waals surface area contributed by atoms with Crippen LogP contribution in [0, 0.1) is 13.8 Å². The summed E-state index contributed by atoms with van der Waals surface area (Å²) in [5.41, 5.74) is 4.71. The first kappa shape index (κ1) is 14.6. The lowest BCUT2D eigenvalue weighted by atomic mass is 9.98. The zero-order valence-corrected chi connectivity index (χ0v) is 12.9. The van der Waals surface area contributed by atoms with Gasteiger partial charge in [-0.1, -0.05) is 6.07 Å². The lowest BCUT2D eigenvalue weighted by Crippen LogP contribution is -2.22. The number of nitrogens with zero attached hydrogens (tertiary/aromatic N) is 2. The molecule has 1 atom stereocenters. The number of aryl methyl sites for hydroxylation is 3. The van der Waals surface area contributed by atoms with Crippen LogP contribution in [-0.2, 0) is 6.54 Å². The van der Waals surface area contributed by atoms with E-state index in [1.807, 2.05) is 20.0 Å². The highest BCUT2D eigenvalue weighted by Gasteiger charge is 2.19. The zero-order valence-electron chi connectivity index (χ0n) is 12.9. The van der Waals surface area contributed by atoms with Gasteiger partial charge >= 0.3 is 0 Å². The molecule has 108 valence electrons. The van der Waals surface area contributed by atoms with Crippen molar-refractivity contribution >= 4 is 0 Å². The standard InChI is InChI=1S/C16H23N3O/c1-6-19-15(10-12(3)18-19)16(17-4)14-8-7-13(20-5)9-11(14)2/h7-10,16-17H,6H2,1-5H3. The van der Waals surface area contributed by atoms with Crippen LogP contribution in [0.1, 0.15) is 35.5 Å². The molecule has 2 rings (SSSR count). The Morgan fingerprint density at radius 1 is 1.30 bits per heavy atom. The molecule has 1 N–H and O–H groups in total. The second-order valence-corrected chi connectivity index (χ2v) is 4.97. The Labute approximate surface area is 120 Å². The molecular weight excluding hydrogens is 250 g/mol. The minimum absolute atomic E-state index is 0.141. The molecule has 0 aliphatic carbocycles. The molecule has 0 saturated heterocycles. The first-order valence-electron chi connectivity index (χ1n) is 6.96. The maximum absolute atomic E-state index is 5.28. The monoisotopic (exact) mass is 273 g/mol. The molecule has 20 heavy (non-hydrogen) atoms. The smallest absolute Gasteiger partial charge is 0.119 e. The maximum atomic E-state index is 5.28. The zero-order chi connectivity index (χ0) is 14.7. The van der Waals surface area contributed by atoms with Gasteiger partial charge in [0.25, 0.3) is 0 Å². The highest BCUT2D eigenvalue weighted by atomic mass is 16.5. The van der Waals surface area contributed by atoms with E-state index in [4.69, 9.17) is 4.74 Å². The molecule has 0 aliphatic heterocycles. The average Bonchev–Trinajstić information content (AvgIpc) is 2.82. The SMILES string of the molecule is CCn1nc(C)cc1C(NC)c1ccc(OC)cc1C. The molecule has 1 aromatic carbocycles. The van der Waals surface area contributed by atoms with E-state index in [1.165, 1.54) is 16.8 Å². The van der Waals surface area contributed by atoms with Gasteiger partial charge in [0.05, 0.1) is 24.5 Å². The van der Waals surface area contributed by atoms with Crippen molar-refractivity contribution in [2.45, 2.75) is 33.4 Å². The molecule has 2 aromatic rings. The number of hydrogen-bond donors (Lipinski definition) is 1. The number of ether oxygens (including phenoxy) is 1. The number of aromatic nitrogens is 2. The van der Waals surface area contributed by atoms with E-state index >= 15 is 0 Å². The third-order valence-corrected chi connectivity index (χ3v) is 3.61. The van der Waals surface area contributed by atoms with Gasteiger partial charge in [-0.05, 0) is 57.1 Å². The van der Waals surface area contributed by atoms with E-state index in [9.17, 15) is 0 Å². The molecule has 0 bridgehead atoms. The number of benzene rings is 1. The number of methoxy groups -OCH3 is 1. The summed E-state index contributed by atoms with van der Waals surface area (Å²) in [5, 5.41) is 7.94. The Morgan fingerprint density at radius 2 is 2.05 bits per heavy atom. The number of rotatable bonds is 5. The summed E-state index contributed by atoms with van der Waals surface area (Å²) < 4.78 is 7.34. The lowest BCUT2D eigenvalue weighted by molar-refractivity contribution is 0.414. The van der Waals surface area contributed by atoms with Gasteiger partial charge in [0.2, 0.25) is 0 Å². The second kappa shape index (κ2) is 6.09. The van der Waals surface area contributed by atoms with E-state index in [-0.39, 0.29) is 6.04 Å². The van der Waals surface area contributed by atoms with Crippen LogP contribution in [-0.4, -0.2) is 23.9 Å². The minimum atomic E-state index is 0.141. The van der Waals surface area contributed by atoms with Gasteiger partial charge in [0, 0.05) is 6.54 Å². The van der Waals surface area contributed by atoms with Crippen LogP contribution in [0.5, 0.6) is 5.75 Å². The topological polar surface area (TPSA) is 39.1 Å². The van der Waals surface area contributed by atoms with Gasteiger partial charge in [0.1, 0.15) is 5.75 Å². The molecule has 0 amide bonds. The minimum Gasteiger partial charge on any atom is -0.497 e. The number of hydrogen-bond acceptors (Lipinski definition) is 3. The van der Waals surface area contributed by atoms with E-state index in [0.717, 1.165) is 18.0 Å². The molecule has 0 radical (unpaired) electrons. The fourth-order valence-electron chi connectivity index (χ4n) is 2.61. The highest BCUT2D eigenvalue weighted by Crippen LogP contribution is 2.27. The van der Waals surface area contributed by atoms with Crippen molar-refractivity contribution in [1.29, 1.82) is 0 Å². The predicted molar refractivity (Wildman–Crippen MR) is 81.3 cm³/mol. The normalized spacial score (nSPS) is 12.4. The van der Waals surface area contributed by atoms with Crippen molar-refractivity contribution < 1.29 is 4.74 Å². The van der Waals surface area contributed by atoms with Crippen LogP contribution >= 0.6 is 0 Å². The van der Waals surface area contributed by atoms with Crippen LogP contribution in [0.4, 0.5) is 0 Å². The Hall–Kier alpha value is -1.81. The van der Waals surface area contributed by atoms with Crippen molar-refractivity contribution in [3.05, 3.63) is 46.8 Å². The fourth-order valence-corrected chi connectivity index (χ4v) is 2.61. The van der Waals surface area contributed by atoms with E-state index in [0.29, 0.717) is 0 Å². The first-order valence-corrected chi connectivity index (χ1v) is 6.96. The molecule has 4 heteroatoms. The molecule has 4 nitrogen and oxygen atoms in total. The Bertz CT molecular complexity index is 589. The lowest BCUT2D eigenvalue weighted by Gasteiger charge is -2.20. The molecule has 0 spiro atoms. The van der Waals surface area contributed by atoms with E-state index < -0.39 is 0 Å². The van der Waals surface area contributed by atoms with E-state index in [1.54, 1.807) is 7.11 Å². The van der Waals surface area contributed by atoms with Crippen LogP contribution in [0.2, 0.25) is 0 Å². The van der Waals surface area contributed by atoms with Crippen LogP contribution in [0.15, 0.2) is 24.3 Å². The van der Waals surface area contributed by atoms with Crippen molar-refractivity contribution in [2.24, 2.45) is 0 Å². The summed E-state index contributed by atoms with van der Waals surface area (Å²) in [6, 6.07) is 8.49. The maximum Gasteiger partial charge on any atom is 0.119 e. The van der Waals surface area contributed by atoms with Gasteiger partial charge in [-0.2, -0.15) is 5.10 Å². The molecule has 1 aromatic heterocycles. The fraction of sp³-hybridized carbons (Fsp3) is 0.438. The van der Waals surface area contributed by atoms with Gasteiger partial charge < -0.3 is 10.1 Å². The predicted octanol–water partition coefficient (Wildman–Crippen LogP) is 2.84. The third-order valence-electron chi connectivity index (χ3n) is 3.61. The Morgan fingerprint density at radius 3 is 2.60 bits per heavy atom. The van der Waals surface area contributed by atoms with E-state index in [2.05, 4.69) is 47.1 Å². The first-order chi connectivity index (χ1) is 9.60. The molecule has 0 saturated carbocycles. The number of nitrogens with one attached hydrogen (secondary N) is 1. The van der Waals surface area contributed by atoms with Crippen LogP contribution < -0.4 is 10.1 Å². The summed E-state index contributed by atoms with van der Waals surface area (Å²) in [7, 11) is 3.68. The summed E-state index contributed by atoms with van der Waals surface area (Å²) in [4.78, 5) is 0. The van der Waals surface area contributed by atoms with Crippen molar-refractivity contribution in [3.8, 4) is 5.75 Å². The van der Waals surface area contributed by atoms with Gasteiger partial charge in [-0.25, -0.2) is 0 Å². The van der Waals surface area contributed by atoms with Gasteiger partial charge in [-0.3, -0.25) is 4.68 Å². The molecule has 0 fully saturated rings. The van der Waals surface area contributed by atoms with Crippen LogP contribution in [0.3, 0.4) is 0 Å². The summed E-state index contributed by atoms with van der Waals surface area (Å²) in [6.45, 7) is 7.13. The molecule has 0 aliphatic rings. The van der Waals surface area contributed by atoms with Gasteiger partial charge in [-0.15, -0.1) is 0 Å². The molecule has 1 heterocycles. The third kappa shape index (κ3) is 2.70. The summed E-state index contributed by atoms with van der Waals surface area (Å²) in [6.07, 6.45) is 0. The molecular formula is C16H23N3O. The largest absolute Gasteiger partial charge is 0.497 e. The van der Waals surface area contributed by atoms with Crippen LogP contribution in [0.25, 0.3) is 0 Å². The second-order valence-electron chi connectivity index (χ2n) is 4.97. The average molecular weight is 273 g/mol. The van der Waals surface area contributed by atoms with Crippen molar-refractivity contribution in [3.63, 3.8) is 0 Å². The Balaban J connectivity index is 2.46. The van der Waals surface area contributed by atoms with Crippen molar-refractivity contribution in [1.82, 2.24) is 15.1 Å². The quantitative estimate of drug-likeness (QED) is 0.910. The van der Waals surface area contributed by atoms with Crippen molar-refractivity contribution in [2.75, 3.05) is 14.2 Å². The summed E-state index contributed by atoms with van der Waals surface area (Å²) >= 11 is 0. The summed E-state index contributed by atoms with van der Waals surface area (Å²) in [5.74, 6) is 0.890. The molecule has 1 unspecified atom stereocenters.